The number of hydrogen-bond acceptors (Lipinski definition) is 5. The largest absolute Gasteiger partial charge is 0.384 e. The van der Waals surface area contributed by atoms with E-state index in [0.29, 0.717) is 11.8 Å². The summed E-state index contributed by atoms with van der Waals surface area (Å²) < 4.78 is 0. The third-order valence-electron chi connectivity index (χ3n) is 1.50. The molecule has 0 spiro atoms. The van der Waals surface area contributed by atoms with E-state index in [1.54, 1.807) is 24.5 Å². The standard InChI is InChI=1S/C5H7N3.C5H6N2/c1-4-2-3-7-5(6)8-4;6-5-3-1-2-4-7-5/h2-3H,1H3,(H2,6,7,8);1-4H,(H2,6,7). The SMILES string of the molecule is Cc1ccnc(N)n1.Nc1ccccn1. The number of anilines is 2. The smallest absolute Gasteiger partial charge is 0.220 e. The van der Waals surface area contributed by atoms with Gasteiger partial charge in [-0.3, -0.25) is 0 Å². The van der Waals surface area contributed by atoms with E-state index in [2.05, 4.69) is 15.0 Å². The van der Waals surface area contributed by atoms with E-state index < -0.39 is 0 Å². The molecule has 0 aromatic carbocycles. The quantitative estimate of drug-likeness (QED) is 0.667. The molecule has 2 aromatic heterocycles. The first-order chi connectivity index (χ1) is 7.18. The lowest BCUT2D eigenvalue weighted by molar-refractivity contribution is 1.12. The second-order valence-electron chi connectivity index (χ2n) is 2.81. The Hall–Kier alpha value is -2.17. The van der Waals surface area contributed by atoms with E-state index >= 15 is 0 Å². The lowest BCUT2D eigenvalue weighted by Crippen LogP contribution is -1.93. The summed E-state index contributed by atoms with van der Waals surface area (Å²) in [6, 6.07) is 7.23. The fraction of sp³-hybridized carbons (Fsp3) is 0.100. The number of aromatic nitrogens is 3. The van der Waals surface area contributed by atoms with Gasteiger partial charge in [-0.15, -0.1) is 0 Å². The van der Waals surface area contributed by atoms with Crippen LogP contribution in [0.5, 0.6) is 0 Å². The molecule has 2 aromatic rings. The summed E-state index contributed by atoms with van der Waals surface area (Å²) in [7, 11) is 0. The average Bonchev–Trinajstić information content (AvgIpc) is 2.19. The van der Waals surface area contributed by atoms with Crippen molar-refractivity contribution in [3.63, 3.8) is 0 Å². The summed E-state index contributed by atoms with van der Waals surface area (Å²) in [5, 5.41) is 0. The lowest BCUT2D eigenvalue weighted by atomic mass is 10.5. The molecule has 0 bridgehead atoms. The van der Waals surface area contributed by atoms with Crippen LogP contribution in [0.15, 0.2) is 36.7 Å². The number of hydrogen-bond donors (Lipinski definition) is 2. The molecule has 0 aliphatic rings. The van der Waals surface area contributed by atoms with Gasteiger partial charge in [-0.25, -0.2) is 15.0 Å². The Kier molecular flexibility index (Phi) is 4.03. The molecular formula is C10H13N5. The van der Waals surface area contributed by atoms with E-state index in [1.807, 2.05) is 19.1 Å². The Morgan fingerprint density at radius 2 is 1.80 bits per heavy atom. The molecule has 5 nitrogen and oxygen atoms in total. The summed E-state index contributed by atoms with van der Waals surface area (Å²) in [5.41, 5.74) is 11.4. The highest BCUT2D eigenvalue weighted by Gasteiger charge is 1.84. The van der Waals surface area contributed by atoms with Crippen molar-refractivity contribution in [1.82, 2.24) is 15.0 Å². The van der Waals surface area contributed by atoms with Gasteiger partial charge in [-0.1, -0.05) is 6.07 Å². The first kappa shape index (κ1) is 10.9. The predicted octanol–water partition coefficient (Wildman–Crippen LogP) is 1.03. The van der Waals surface area contributed by atoms with E-state index in [1.165, 1.54) is 0 Å². The maximum Gasteiger partial charge on any atom is 0.220 e. The van der Waals surface area contributed by atoms with Crippen LogP contribution in [0.2, 0.25) is 0 Å². The summed E-state index contributed by atoms with van der Waals surface area (Å²) >= 11 is 0. The van der Waals surface area contributed by atoms with E-state index in [-0.39, 0.29) is 0 Å². The summed E-state index contributed by atoms with van der Waals surface area (Å²) in [6.07, 6.45) is 3.30. The Balaban J connectivity index is 0.000000151. The molecule has 0 aliphatic heterocycles. The topological polar surface area (TPSA) is 90.7 Å². The van der Waals surface area contributed by atoms with Gasteiger partial charge in [-0.2, -0.15) is 0 Å². The Morgan fingerprint density at radius 1 is 1.00 bits per heavy atom. The zero-order chi connectivity index (χ0) is 11.1. The molecule has 0 fully saturated rings. The lowest BCUT2D eigenvalue weighted by Gasteiger charge is -1.89. The van der Waals surface area contributed by atoms with E-state index in [9.17, 15) is 0 Å². The highest BCUT2D eigenvalue weighted by atomic mass is 15.0. The number of nitrogens with zero attached hydrogens (tertiary/aromatic N) is 3. The minimum Gasteiger partial charge on any atom is -0.384 e. The maximum atomic E-state index is 5.25. The maximum absolute atomic E-state index is 5.25. The number of rotatable bonds is 0. The van der Waals surface area contributed by atoms with Crippen molar-refractivity contribution in [3.8, 4) is 0 Å². The van der Waals surface area contributed by atoms with Crippen LogP contribution >= 0.6 is 0 Å². The fourth-order valence-electron chi connectivity index (χ4n) is 0.844. The van der Waals surface area contributed by atoms with Crippen molar-refractivity contribution in [2.24, 2.45) is 0 Å². The normalized spacial score (nSPS) is 8.87. The Morgan fingerprint density at radius 3 is 2.13 bits per heavy atom. The Labute approximate surface area is 88.2 Å². The van der Waals surface area contributed by atoms with Crippen LogP contribution < -0.4 is 11.5 Å². The molecule has 0 aliphatic carbocycles. The van der Waals surface area contributed by atoms with Crippen molar-refractivity contribution >= 4 is 11.8 Å². The van der Waals surface area contributed by atoms with Crippen LogP contribution in [0.3, 0.4) is 0 Å². The van der Waals surface area contributed by atoms with Gasteiger partial charge in [0.1, 0.15) is 5.82 Å². The van der Waals surface area contributed by atoms with Gasteiger partial charge in [-0.05, 0) is 25.1 Å². The summed E-state index contributed by atoms with van der Waals surface area (Å²) in [5.74, 6) is 0.910. The molecule has 2 rings (SSSR count). The van der Waals surface area contributed by atoms with Gasteiger partial charge in [0.2, 0.25) is 5.95 Å². The second-order valence-corrected chi connectivity index (χ2v) is 2.81. The molecule has 2 heterocycles. The van der Waals surface area contributed by atoms with Crippen molar-refractivity contribution in [2.75, 3.05) is 11.5 Å². The van der Waals surface area contributed by atoms with E-state index in [0.717, 1.165) is 5.69 Å². The molecule has 0 saturated heterocycles. The number of nitrogens with two attached hydrogens (primary N) is 2. The van der Waals surface area contributed by atoms with Gasteiger partial charge < -0.3 is 11.5 Å². The zero-order valence-corrected chi connectivity index (χ0v) is 8.46. The monoisotopic (exact) mass is 203 g/mol. The van der Waals surface area contributed by atoms with Gasteiger partial charge in [0.25, 0.3) is 0 Å². The van der Waals surface area contributed by atoms with Crippen LogP contribution in [0.1, 0.15) is 5.69 Å². The molecule has 4 N–H and O–H groups in total. The van der Waals surface area contributed by atoms with Crippen molar-refractivity contribution < 1.29 is 0 Å². The molecule has 0 unspecified atom stereocenters. The number of pyridine rings is 1. The van der Waals surface area contributed by atoms with Crippen LogP contribution in [0.4, 0.5) is 11.8 Å². The van der Waals surface area contributed by atoms with Crippen LogP contribution in [-0.4, -0.2) is 15.0 Å². The van der Waals surface area contributed by atoms with Crippen molar-refractivity contribution in [2.45, 2.75) is 6.92 Å². The molecule has 15 heavy (non-hydrogen) atoms. The minimum atomic E-state index is 0.338. The van der Waals surface area contributed by atoms with Crippen LogP contribution in [-0.2, 0) is 0 Å². The molecule has 0 radical (unpaired) electrons. The number of aryl methyl sites for hydroxylation is 1. The predicted molar refractivity (Wildman–Crippen MR) is 59.8 cm³/mol. The van der Waals surface area contributed by atoms with Crippen molar-refractivity contribution in [1.29, 1.82) is 0 Å². The molecule has 0 atom stereocenters. The second kappa shape index (κ2) is 5.54. The first-order valence-corrected chi connectivity index (χ1v) is 4.40. The molecule has 78 valence electrons. The molecule has 0 amide bonds. The Bertz CT molecular complexity index is 384. The van der Waals surface area contributed by atoms with Gasteiger partial charge in [0.15, 0.2) is 0 Å². The highest BCUT2D eigenvalue weighted by molar-refractivity contribution is 5.25. The van der Waals surface area contributed by atoms with Gasteiger partial charge in [0.05, 0.1) is 0 Å². The number of nitrogen functional groups attached to an aromatic ring is 2. The van der Waals surface area contributed by atoms with Crippen LogP contribution in [0.25, 0.3) is 0 Å². The highest BCUT2D eigenvalue weighted by Crippen LogP contribution is 1.91. The first-order valence-electron chi connectivity index (χ1n) is 4.40. The van der Waals surface area contributed by atoms with Gasteiger partial charge >= 0.3 is 0 Å². The third-order valence-corrected chi connectivity index (χ3v) is 1.50. The minimum absolute atomic E-state index is 0.338. The van der Waals surface area contributed by atoms with E-state index in [4.69, 9.17) is 11.5 Å². The fourth-order valence-corrected chi connectivity index (χ4v) is 0.844. The van der Waals surface area contributed by atoms with Crippen molar-refractivity contribution in [3.05, 3.63) is 42.4 Å². The summed E-state index contributed by atoms with van der Waals surface area (Å²) in [6.45, 7) is 1.87. The summed E-state index contributed by atoms with van der Waals surface area (Å²) in [4.78, 5) is 11.3. The molecule has 5 heteroatoms. The van der Waals surface area contributed by atoms with Crippen LogP contribution in [0, 0.1) is 6.92 Å². The third kappa shape index (κ3) is 4.56. The van der Waals surface area contributed by atoms with Gasteiger partial charge in [0, 0.05) is 18.1 Å². The average molecular weight is 203 g/mol. The zero-order valence-electron chi connectivity index (χ0n) is 8.46. The molecule has 0 saturated carbocycles. The molecular weight excluding hydrogens is 190 g/mol.